The predicted octanol–water partition coefficient (Wildman–Crippen LogP) is 3.49. The summed E-state index contributed by atoms with van der Waals surface area (Å²) < 4.78 is 0.998. The quantitative estimate of drug-likeness (QED) is 0.747. The summed E-state index contributed by atoms with van der Waals surface area (Å²) in [5, 5.41) is 1.27. The van der Waals surface area contributed by atoms with Gasteiger partial charge in [0.05, 0.1) is 20.9 Å². The number of rotatable bonds is 2. The molecule has 1 aliphatic rings. The molecule has 4 rings (SSSR count). The summed E-state index contributed by atoms with van der Waals surface area (Å²) in [6.07, 6.45) is 0. The van der Waals surface area contributed by atoms with Gasteiger partial charge in [0.25, 0.3) is 5.91 Å². The van der Waals surface area contributed by atoms with Gasteiger partial charge in [-0.15, -0.1) is 0 Å². The van der Waals surface area contributed by atoms with Crippen LogP contribution in [0.4, 0.5) is 10.8 Å². The van der Waals surface area contributed by atoms with E-state index in [1.807, 2.05) is 47.4 Å². The van der Waals surface area contributed by atoms with Crippen molar-refractivity contribution >= 4 is 49.9 Å². The third-order valence-corrected chi connectivity index (χ3v) is 5.60. The van der Waals surface area contributed by atoms with E-state index in [1.165, 1.54) is 11.3 Å². The van der Waals surface area contributed by atoms with Crippen LogP contribution in [0, 0.1) is 0 Å². The largest absolute Gasteiger partial charge is 0.375 e. The highest BCUT2D eigenvalue weighted by Gasteiger charge is 2.23. The molecule has 2 heterocycles. The van der Waals surface area contributed by atoms with Crippen LogP contribution in [-0.2, 0) is 0 Å². The predicted molar refractivity (Wildman–Crippen MR) is 104 cm³/mol. The number of amides is 1. The Morgan fingerprint density at radius 2 is 1.88 bits per heavy atom. The number of carbonyl (C=O) groups excluding carboxylic acids is 1. The number of benzene rings is 2. The monoisotopic (exact) mass is 372 g/mol. The molecule has 1 amide bonds. The fraction of sp³-hybridized carbons (Fsp3) is 0.222. The van der Waals surface area contributed by atoms with Gasteiger partial charge in [-0.1, -0.05) is 35.1 Å². The second kappa shape index (κ2) is 6.54. The average molecular weight is 373 g/mol. The third-order valence-electron chi connectivity index (χ3n) is 4.41. The number of hydrogen-bond donors (Lipinski definition) is 1. The van der Waals surface area contributed by atoms with Gasteiger partial charge in [-0.25, -0.2) is 4.98 Å². The topological polar surface area (TPSA) is 62.5 Å². The molecule has 0 bridgehead atoms. The number of thiazole rings is 1. The van der Waals surface area contributed by atoms with E-state index >= 15 is 0 Å². The molecule has 0 unspecified atom stereocenters. The van der Waals surface area contributed by atoms with Crippen LogP contribution in [0.3, 0.4) is 0 Å². The number of aromatic nitrogens is 1. The van der Waals surface area contributed by atoms with E-state index in [2.05, 4.69) is 9.88 Å². The van der Waals surface area contributed by atoms with E-state index < -0.39 is 0 Å². The molecule has 0 atom stereocenters. The number of fused-ring (bicyclic) bond motifs is 1. The number of nitrogen functional groups attached to an aromatic ring is 1. The van der Waals surface area contributed by atoms with Crippen molar-refractivity contribution < 1.29 is 4.79 Å². The highest BCUT2D eigenvalue weighted by atomic mass is 35.5. The summed E-state index contributed by atoms with van der Waals surface area (Å²) in [4.78, 5) is 21.1. The first-order valence-electron chi connectivity index (χ1n) is 8.06. The van der Waals surface area contributed by atoms with Crippen molar-refractivity contribution in [1.82, 2.24) is 9.88 Å². The Labute approximate surface area is 154 Å². The molecule has 0 radical (unpaired) electrons. The first-order valence-corrected chi connectivity index (χ1v) is 9.26. The van der Waals surface area contributed by atoms with Crippen molar-refractivity contribution in [2.24, 2.45) is 0 Å². The second-order valence-corrected chi connectivity index (χ2v) is 7.43. The molecule has 0 saturated carbocycles. The maximum absolute atomic E-state index is 12.8. The Kier molecular flexibility index (Phi) is 4.23. The van der Waals surface area contributed by atoms with Gasteiger partial charge < -0.3 is 15.5 Å². The van der Waals surface area contributed by atoms with Crippen molar-refractivity contribution in [2.75, 3.05) is 36.8 Å². The highest BCUT2D eigenvalue weighted by molar-refractivity contribution is 7.22. The Hall–Kier alpha value is -2.31. The molecule has 1 saturated heterocycles. The molecule has 3 aromatic rings. The minimum Gasteiger partial charge on any atom is -0.375 e. The lowest BCUT2D eigenvalue weighted by atomic mass is 10.1. The van der Waals surface area contributed by atoms with Crippen molar-refractivity contribution in [3.8, 4) is 0 Å². The van der Waals surface area contributed by atoms with Crippen LogP contribution in [0.2, 0.25) is 5.02 Å². The molecule has 7 heteroatoms. The molecule has 2 aromatic carbocycles. The Morgan fingerprint density at radius 1 is 1.12 bits per heavy atom. The van der Waals surface area contributed by atoms with E-state index in [-0.39, 0.29) is 5.91 Å². The number of carbonyl (C=O) groups is 1. The Balaban J connectivity index is 1.48. The summed E-state index contributed by atoms with van der Waals surface area (Å²) in [6.45, 7) is 2.87. The van der Waals surface area contributed by atoms with Crippen LogP contribution >= 0.6 is 22.9 Å². The summed E-state index contributed by atoms with van der Waals surface area (Å²) in [5.41, 5.74) is 8.20. The first-order chi connectivity index (χ1) is 12.1. The fourth-order valence-corrected chi connectivity index (χ4v) is 4.09. The van der Waals surface area contributed by atoms with Crippen LogP contribution in [0.15, 0.2) is 42.5 Å². The van der Waals surface area contributed by atoms with Gasteiger partial charge in [-0.3, -0.25) is 4.79 Å². The van der Waals surface area contributed by atoms with Gasteiger partial charge >= 0.3 is 0 Å². The molecule has 128 valence electrons. The average Bonchev–Trinajstić information content (AvgIpc) is 3.01. The number of para-hydroxylation sites is 1. The zero-order valence-corrected chi connectivity index (χ0v) is 15.1. The number of hydrogen-bond acceptors (Lipinski definition) is 5. The van der Waals surface area contributed by atoms with Crippen molar-refractivity contribution in [3.63, 3.8) is 0 Å². The van der Waals surface area contributed by atoms with Gasteiger partial charge in [-0.05, 0) is 30.3 Å². The number of piperazine rings is 1. The second-order valence-electron chi connectivity index (χ2n) is 5.97. The third kappa shape index (κ3) is 3.15. The number of nitrogens with zero attached hydrogens (tertiary/aromatic N) is 3. The van der Waals surface area contributed by atoms with E-state index in [1.54, 1.807) is 0 Å². The van der Waals surface area contributed by atoms with Crippen LogP contribution in [0.1, 0.15) is 10.4 Å². The van der Waals surface area contributed by atoms with Crippen LogP contribution in [0.5, 0.6) is 0 Å². The lowest BCUT2D eigenvalue weighted by Gasteiger charge is -2.36. The summed E-state index contributed by atoms with van der Waals surface area (Å²) in [7, 11) is 0. The Morgan fingerprint density at radius 3 is 2.64 bits per heavy atom. The maximum atomic E-state index is 12.8. The Bertz CT molecular complexity index is 934. The minimum atomic E-state index is 0.0345. The zero-order chi connectivity index (χ0) is 17.4. The summed E-state index contributed by atoms with van der Waals surface area (Å²) in [6, 6.07) is 13.4. The van der Waals surface area contributed by atoms with Gasteiger partial charge in [-0.2, -0.15) is 0 Å². The molecule has 1 aliphatic heterocycles. The van der Waals surface area contributed by atoms with Gasteiger partial charge in [0.2, 0.25) is 0 Å². The molecule has 5 nitrogen and oxygen atoms in total. The molecule has 1 aromatic heterocycles. The van der Waals surface area contributed by atoms with E-state index in [9.17, 15) is 4.79 Å². The minimum absolute atomic E-state index is 0.0345. The highest BCUT2D eigenvalue weighted by Crippen LogP contribution is 2.27. The fourth-order valence-electron chi connectivity index (χ4n) is 3.12. The summed E-state index contributed by atoms with van der Waals surface area (Å²) in [5.74, 6) is 0.0345. The van der Waals surface area contributed by atoms with Gasteiger partial charge in [0.15, 0.2) is 5.13 Å². The molecule has 1 fully saturated rings. The van der Waals surface area contributed by atoms with Gasteiger partial charge in [0, 0.05) is 31.7 Å². The van der Waals surface area contributed by atoms with Crippen LogP contribution < -0.4 is 10.6 Å². The SMILES string of the molecule is Nc1nc2cc(C(=O)N3CCN(c4ccccc4Cl)CC3)ccc2s1. The normalized spacial score (nSPS) is 14.9. The van der Waals surface area contributed by atoms with E-state index in [4.69, 9.17) is 17.3 Å². The first kappa shape index (κ1) is 16.2. The molecule has 2 N–H and O–H groups in total. The lowest BCUT2D eigenvalue weighted by molar-refractivity contribution is 0.0747. The molecule has 0 spiro atoms. The zero-order valence-electron chi connectivity index (χ0n) is 13.5. The number of halogens is 1. The number of nitrogens with two attached hydrogens (primary N) is 1. The van der Waals surface area contributed by atoms with E-state index in [0.29, 0.717) is 23.8 Å². The van der Waals surface area contributed by atoms with Gasteiger partial charge in [0.1, 0.15) is 0 Å². The maximum Gasteiger partial charge on any atom is 0.254 e. The lowest BCUT2D eigenvalue weighted by Crippen LogP contribution is -2.48. The van der Waals surface area contributed by atoms with Crippen molar-refractivity contribution in [2.45, 2.75) is 0 Å². The van der Waals surface area contributed by atoms with Crippen LogP contribution in [-0.4, -0.2) is 42.0 Å². The van der Waals surface area contributed by atoms with Crippen LogP contribution in [0.25, 0.3) is 10.2 Å². The standard InChI is InChI=1S/C18H17ClN4OS/c19-13-3-1-2-4-15(13)22-7-9-23(10-8-22)17(24)12-5-6-16-14(11-12)21-18(20)25-16/h1-6,11H,7-10H2,(H2,20,21). The smallest absolute Gasteiger partial charge is 0.254 e. The molecular weight excluding hydrogens is 356 g/mol. The molecule has 0 aliphatic carbocycles. The van der Waals surface area contributed by atoms with Crippen molar-refractivity contribution in [3.05, 3.63) is 53.1 Å². The van der Waals surface area contributed by atoms with Crippen molar-refractivity contribution in [1.29, 1.82) is 0 Å². The molecular formula is C18H17ClN4OS. The number of anilines is 2. The van der Waals surface area contributed by atoms with E-state index in [0.717, 1.165) is 34.0 Å². The summed E-state index contributed by atoms with van der Waals surface area (Å²) >= 11 is 7.70. The molecule has 25 heavy (non-hydrogen) atoms.